The van der Waals surface area contributed by atoms with Gasteiger partial charge in [0.05, 0.1) is 23.0 Å². The Labute approximate surface area is 128 Å². The van der Waals surface area contributed by atoms with Crippen LogP contribution in [0.1, 0.15) is 60.8 Å². The standard InChI is InChI=1S/C15H20ClN3S/c1-9(2)19-15(12(16)8-18-19)14(17)11-4-3-5-13-10(11)6-7-20-13/h6-9,11,14H,3-5,17H2,1-2H3. The van der Waals surface area contributed by atoms with Gasteiger partial charge in [-0.1, -0.05) is 11.6 Å². The molecule has 2 N–H and O–H groups in total. The summed E-state index contributed by atoms with van der Waals surface area (Å²) >= 11 is 8.19. The molecule has 2 aromatic heterocycles. The predicted molar refractivity (Wildman–Crippen MR) is 84.5 cm³/mol. The second-order valence-electron chi connectivity index (χ2n) is 5.74. The van der Waals surface area contributed by atoms with Crippen molar-refractivity contribution < 1.29 is 0 Å². The maximum Gasteiger partial charge on any atom is 0.0834 e. The Morgan fingerprint density at radius 1 is 1.50 bits per heavy atom. The fourth-order valence-electron chi connectivity index (χ4n) is 3.16. The monoisotopic (exact) mass is 309 g/mol. The van der Waals surface area contributed by atoms with Crippen LogP contribution >= 0.6 is 22.9 Å². The number of halogens is 1. The largest absolute Gasteiger partial charge is 0.322 e. The molecule has 0 saturated carbocycles. The van der Waals surface area contributed by atoms with Gasteiger partial charge >= 0.3 is 0 Å². The lowest BCUT2D eigenvalue weighted by atomic mass is 9.81. The summed E-state index contributed by atoms with van der Waals surface area (Å²) in [7, 11) is 0. The molecule has 2 unspecified atom stereocenters. The van der Waals surface area contributed by atoms with E-state index >= 15 is 0 Å². The van der Waals surface area contributed by atoms with E-state index in [1.807, 2.05) is 16.0 Å². The molecule has 0 amide bonds. The minimum absolute atomic E-state index is 0.0824. The van der Waals surface area contributed by atoms with E-state index in [-0.39, 0.29) is 12.1 Å². The van der Waals surface area contributed by atoms with E-state index in [0.717, 1.165) is 12.1 Å². The smallest absolute Gasteiger partial charge is 0.0834 e. The Bertz CT molecular complexity index is 602. The van der Waals surface area contributed by atoms with Gasteiger partial charge in [0.1, 0.15) is 0 Å². The Morgan fingerprint density at radius 3 is 3.05 bits per heavy atom. The maximum atomic E-state index is 6.59. The third-order valence-electron chi connectivity index (χ3n) is 4.12. The molecule has 3 nitrogen and oxygen atoms in total. The molecule has 1 aliphatic rings. The van der Waals surface area contributed by atoms with Crippen LogP contribution < -0.4 is 5.73 Å². The number of nitrogens with zero attached hydrogens (tertiary/aromatic N) is 2. The summed E-state index contributed by atoms with van der Waals surface area (Å²) in [4.78, 5) is 1.49. The minimum Gasteiger partial charge on any atom is -0.322 e. The van der Waals surface area contributed by atoms with Crippen LogP contribution in [0.25, 0.3) is 0 Å². The molecule has 108 valence electrons. The van der Waals surface area contributed by atoms with E-state index in [4.69, 9.17) is 17.3 Å². The van der Waals surface area contributed by atoms with Gasteiger partial charge in [-0.05, 0) is 50.1 Å². The lowest BCUT2D eigenvalue weighted by Gasteiger charge is -2.29. The van der Waals surface area contributed by atoms with E-state index in [0.29, 0.717) is 10.9 Å². The molecule has 20 heavy (non-hydrogen) atoms. The summed E-state index contributed by atoms with van der Waals surface area (Å²) in [5, 5.41) is 7.25. The Morgan fingerprint density at radius 2 is 2.30 bits per heavy atom. The SMILES string of the molecule is CC(C)n1ncc(Cl)c1C(N)C1CCCc2sccc21. The zero-order chi connectivity index (χ0) is 14.3. The number of fused-ring (bicyclic) bond motifs is 1. The second kappa shape index (κ2) is 5.51. The fraction of sp³-hybridized carbons (Fsp3) is 0.533. The molecule has 5 heteroatoms. The molecule has 2 aromatic rings. The lowest BCUT2D eigenvalue weighted by molar-refractivity contribution is 0.425. The first-order valence-corrected chi connectivity index (χ1v) is 8.40. The highest BCUT2D eigenvalue weighted by atomic mass is 35.5. The number of hydrogen-bond donors (Lipinski definition) is 1. The summed E-state index contributed by atoms with van der Waals surface area (Å²) in [6, 6.07) is 2.42. The number of nitrogens with two attached hydrogens (primary N) is 1. The number of aryl methyl sites for hydroxylation is 1. The predicted octanol–water partition coefficient (Wildman–Crippen LogP) is 4.30. The van der Waals surface area contributed by atoms with Crippen molar-refractivity contribution in [2.24, 2.45) is 5.73 Å². The van der Waals surface area contributed by atoms with Crippen molar-refractivity contribution in [3.05, 3.63) is 38.8 Å². The van der Waals surface area contributed by atoms with Gasteiger partial charge in [0, 0.05) is 16.8 Å². The van der Waals surface area contributed by atoms with Crippen molar-refractivity contribution in [1.29, 1.82) is 0 Å². The van der Waals surface area contributed by atoms with Crippen LogP contribution in [-0.2, 0) is 6.42 Å². The summed E-state index contributed by atoms with van der Waals surface area (Å²) in [6.45, 7) is 4.22. The average Bonchev–Trinajstić information content (AvgIpc) is 3.03. The minimum atomic E-state index is -0.0824. The molecular weight excluding hydrogens is 290 g/mol. The molecule has 0 aliphatic heterocycles. The van der Waals surface area contributed by atoms with E-state index in [1.165, 1.54) is 23.3 Å². The summed E-state index contributed by atoms with van der Waals surface area (Å²) < 4.78 is 1.97. The van der Waals surface area contributed by atoms with Crippen molar-refractivity contribution in [3.8, 4) is 0 Å². The Hall–Kier alpha value is -0.840. The third-order valence-corrected chi connectivity index (χ3v) is 5.41. The fourth-order valence-corrected chi connectivity index (χ4v) is 4.41. The maximum absolute atomic E-state index is 6.59. The highest BCUT2D eigenvalue weighted by Crippen LogP contribution is 2.42. The first kappa shape index (κ1) is 14.1. The van der Waals surface area contributed by atoms with Crippen LogP contribution in [-0.4, -0.2) is 9.78 Å². The summed E-state index contributed by atoms with van der Waals surface area (Å²) in [5.41, 5.74) is 8.98. The molecule has 0 fully saturated rings. The molecule has 2 heterocycles. The van der Waals surface area contributed by atoms with Crippen LogP contribution in [0.4, 0.5) is 0 Å². The highest BCUT2D eigenvalue weighted by Gasteiger charge is 2.31. The summed E-state index contributed by atoms with van der Waals surface area (Å²) in [5.74, 6) is 0.358. The first-order valence-electron chi connectivity index (χ1n) is 7.14. The molecule has 1 aliphatic carbocycles. The van der Waals surface area contributed by atoms with Gasteiger partial charge in [0.15, 0.2) is 0 Å². The molecule has 0 bridgehead atoms. The number of aromatic nitrogens is 2. The van der Waals surface area contributed by atoms with Crippen molar-refractivity contribution in [2.45, 2.75) is 51.1 Å². The van der Waals surface area contributed by atoms with Gasteiger partial charge in [-0.25, -0.2) is 0 Å². The van der Waals surface area contributed by atoms with Crippen LogP contribution in [0, 0.1) is 0 Å². The van der Waals surface area contributed by atoms with Crippen molar-refractivity contribution in [3.63, 3.8) is 0 Å². The van der Waals surface area contributed by atoms with Crippen molar-refractivity contribution >= 4 is 22.9 Å². The van der Waals surface area contributed by atoms with Crippen molar-refractivity contribution in [1.82, 2.24) is 9.78 Å². The van der Waals surface area contributed by atoms with E-state index in [1.54, 1.807) is 6.20 Å². The molecule has 0 spiro atoms. The van der Waals surface area contributed by atoms with Crippen LogP contribution in [0.15, 0.2) is 17.6 Å². The second-order valence-corrected chi connectivity index (χ2v) is 7.15. The topological polar surface area (TPSA) is 43.8 Å². The summed E-state index contributed by atoms with van der Waals surface area (Å²) in [6.07, 6.45) is 5.24. The van der Waals surface area contributed by atoms with Crippen LogP contribution in [0.5, 0.6) is 0 Å². The molecule has 0 aromatic carbocycles. The van der Waals surface area contributed by atoms with E-state index < -0.39 is 0 Å². The van der Waals surface area contributed by atoms with Crippen LogP contribution in [0.3, 0.4) is 0 Å². The zero-order valence-electron chi connectivity index (χ0n) is 11.8. The third kappa shape index (κ3) is 2.30. The van der Waals surface area contributed by atoms with Gasteiger partial charge in [-0.15, -0.1) is 11.3 Å². The van der Waals surface area contributed by atoms with E-state index in [2.05, 4.69) is 30.4 Å². The molecular formula is C15H20ClN3S. The number of rotatable bonds is 3. The van der Waals surface area contributed by atoms with E-state index in [9.17, 15) is 0 Å². The van der Waals surface area contributed by atoms with Gasteiger partial charge in [-0.3, -0.25) is 4.68 Å². The lowest BCUT2D eigenvalue weighted by Crippen LogP contribution is -2.26. The molecule has 2 atom stereocenters. The Kier molecular flexibility index (Phi) is 3.89. The first-order chi connectivity index (χ1) is 9.59. The van der Waals surface area contributed by atoms with Crippen LogP contribution in [0.2, 0.25) is 5.02 Å². The van der Waals surface area contributed by atoms with Gasteiger partial charge in [0.25, 0.3) is 0 Å². The van der Waals surface area contributed by atoms with Gasteiger partial charge < -0.3 is 5.73 Å². The van der Waals surface area contributed by atoms with Gasteiger partial charge in [0.2, 0.25) is 0 Å². The number of thiophene rings is 1. The van der Waals surface area contributed by atoms with Gasteiger partial charge in [-0.2, -0.15) is 5.10 Å². The van der Waals surface area contributed by atoms with Crippen molar-refractivity contribution in [2.75, 3.05) is 0 Å². The zero-order valence-corrected chi connectivity index (χ0v) is 13.4. The Balaban J connectivity index is 1.99. The molecule has 0 saturated heterocycles. The quantitative estimate of drug-likeness (QED) is 0.918. The molecule has 3 rings (SSSR count). The normalized spacial score (nSPS) is 20.1. The highest BCUT2D eigenvalue weighted by molar-refractivity contribution is 7.10. The average molecular weight is 310 g/mol. The molecule has 0 radical (unpaired) electrons. The number of hydrogen-bond acceptors (Lipinski definition) is 3.